The van der Waals surface area contributed by atoms with E-state index in [1.807, 2.05) is 0 Å². The summed E-state index contributed by atoms with van der Waals surface area (Å²) in [6.45, 7) is 6.63. The summed E-state index contributed by atoms with van der Waals surface area (Å²) in [6.07, 6.45) is 76.5. The quantitative estimate of drug-likeness (QED) is 0.0261. The smallest absolute Gasteiger partial charge is 0.306 e. The van der Waals surface area contributed by atoms with E-state index in [0.29, 0.717) is 19.3 Å². The Balaban J connectivity index is 4.09. The zero-order chi connectivity index (χ0) is 53.6. The molecule has 0 fully saturated rings. The Bertz CT molecular complexity index is 1190. The zero-order valence-corrected chi connectivity index (χ0v) is 50.1. The Labute approximate surface area is 462 Å². The Morgan fingerprint density at radius 1 is 0.257 bits per heavy atom. The summed E-state index contributed by atoms with van der Waals surface area (Å²) in [5.74, 6) is -0.863. The Hall–Kier alpha value is -2.11. The maximum absolute atomic E-state index is 12.9. The van der Waals surface area contributed by atoms with Gasteiger partial charge in [-0.3, -0.25) is 14.4 Å². The lowest BCUT2D eigenvalue weighted by atomic mass is 10.0. The minimum atomic E-state index is -0.774. The molecule has 0 rings (SSSR count). The van der Waals surface area contributed by atoms with Crippen molar-refractivity contribution >= 4 is 17.9 Å². The molecule has 1 atom stereocenters. The van der Waals surface area contributed by atoms with Crippen molar-refractivity contribution < 1.29 is 28.6 Å². The van der Waals surface area contributed by atoms with Crippen LogP contribution in [0.2, 0.25) is 0 Å². The molecule has 0 aromatic heterocycles. The molecule has 0 aliphatic rings. The lowest BCUT2D eigenvalue weighted by Gasteiger charge is -2.18. The fourth-order valence-electron chi connectivity index (χ4n) is 10.2. The van der Waals surface area contributed by atoms with Gasteiger partial charge in [0.05, 0.1) is 0 Å². The van der Waals surface area contributed by atoms with Crippen molar-refractivity contribution in [3.63, 3.8) is 0 Å². The average Bonchev–Trinajstić information content (AvgIpc) is 3.40. The minimum Gasteiger partial charge on any atom is -0.462 e. The molecular formula is C68H128O6. The van der Waals surface area contributed by atoms with Gasteiger partial charge in [-0.05, 0) is 64.2 Å². The summed E-state index contributed by atoms with van der Waals surface area (Å²) in [5.41, 5.74) is 0. The normalized spacial score (nSPS) is 12.1. The van der Waals surface area contributed by atoms with E-state index < -0.39 is 6.10 Å². The third-order valence-corrected chi connectivity index (χ3v) is 15.2. The topological polar surface area (TPSA) is 78.9 Å². The minimum absolute atomic E-state index is 0.0711. The van der Waals surface area contributed by atoms with Gasteiger partial charge in [-0.15, -0.1) is 0 Å². The molecule has 0 spiro atoms. The van der Waals surface area contributed by atoms with E-state index in [9.17, 15) is 14.4 Å². The third-order valence-electron chi connectivity index (χ3n) is 15.2. The van der Waals surface area contributed by atoms with Crippen LogP contribution in [0, 0.1) is 0 Å². The Morgan fingerprint density at radius 3 is 0.730 bits per heavy atom. The number of rotatable bonds is 62. The van der Waals surface area contributed by atoms with Crippen LogP contribution in [0.15, 0.2) is 24.3 Å². The fourth-order valence-corrected chi connectivity index (χ4v) is 10.2. The third kappa shape index (κ3) is 60.8. The predicted molar refractivity (Wildman–Crippen MR) is 321 cm³/mol. The van der Waals surface area contributed by atoms with Crippen LogP contribution in [-0.4, -0.2) is 37.2 Å². The second-order valence-electron chi connectivity index (χ2n) is 22.7. The standard InChI is InChI=1S/C68H128O6/c1-4-7-10-13-16-19-22-24-26-28-29-30-31-32-33-34-35-36-37-38-39-41-42-44-46-49-52-55-58-61-67(70)73-64-65(63-72-66(69)60-57-54-51-48-21-18-15-12-9-6-3)74-68(71)62-59-56-53-50-47-45-43-40-27-25-23-20-17-14-11-8-5-2/h12,15,25,27,65H,4-11,13-14,16-24,26,28-64H2,1-3H3/b15-12-,27-25-. The van der Waals surface area contributed by atoms with Crippen molar-refractivity contribution in [1.29, 1.82) is 0 Å². The average molecular weight is 1040 g/mol. The Kier molecular flexibility index (Phi) is 61.6. The molecule has 74 heavy (non-hydrogen) atoms. The van der Waals surface area contributed by atoms with Crippen molar-refractivity contribution in [2.45, 2.75) is 380 Å². The highest BCUT2D eigenvalue weighted by atomic mass is 16.6. The molecule has 0 radical (unpaired) electrons. The van der Waals surface area contributed by atoms with E-state index in [2.05, 4.69) is 45.1 Å². The molecule has 6 nitrogen and oxygen atoms in total. The van der Waals surface area contributed by atoms with Gasteiger partial charge in [0.15, 0.2) is 6.10 Å². The zero-order valence-electron chi connectivity index (χ0n) is 50.1. The monoisotopic (exact) mass is 1040 g/mol. The van der Waals surface area contributed by atoms with E-state index in [0.717, 1.165) is 70.6 Å². The van der Waals surface area contributed by atoms with Crippen molar-refractivity contribution in [3.8, 4) is 0 Å². The number of unbranched alkanes of at least 4 members (excludes halogenated alkanes) is 47. The number of hydrogen-bond donors (Lipinski definition) is 0. The fraction of sp³-hybridized carbons (Fsp3) is 0.897. The molecule has 0 heterocycles. The van der Waals surface area contributed by atoms with E-state index in [-0.39, 0.29) is 31.1 Å². The number of esters is 3. The summed E-state index contributed by atoms with van der Waals surface area (Å²) in [4.78, 5) is 38.2. The summed E-state index contributed by atoms with van der Waals surface area (Å²) in [5, 5.41) is 0. The highest BCUT2D eigenvalue weighted by Crippen LogP contribution is 2.18. The highest BCUT2D eigenvalue weighted by Gasteiger charge is 2.19. The highest BCUT2D eigenvalue weighted by molar-refractivity contribution is 5.71. The molecule has 0 saturated heterocycles. The number of allylic oxidation sites excluding steroid dienone is 4. The molecule has 0 aliphatic heterocycles. The van der Waals surface area contributed by atoms with E-state index in [4.69, 9.17) is 14.2 Å². The molecular weight excluding hydrogens is 913 g/mol. The van der Waals surface area contributed by atoms with Crippen LogP contribution in [0.4, 0.5) is 0 Å². The van der Waals surface area contributed by atoms with Crippen molar-refractivity contribution in [3.05, 3.63) is 24.3 Å². The molecule has 436 valence electrons. The van der Waals surface area contributed by atoms with Crippen molar-refractivity contribution in [2.24, 2.45) is 0 Å². The maximum atomic E-state index is 12.9. The van der Waals surface area contributed by atoms with Crippen molar-refractivity contribution in [2.75, 3.05) is 13.2 Å². The second-order valence-corrected chi connectivity index (χ2v) is 22.7. The van der Waals surface area contributed by atoms with Gasteiger partial charge in [-0.1, -0.05) is 315 Å². The summed E-state index contributed by atoms with van der Waals surface area (Å²) in [7, 11) is 0. The molecule has 0 aliphatic carbocycles. The lowest BCUT2D eigenvalue weighted by molar-refractivity contribution is -0.167. The number of hydrogen-bond acceptors (Lipinski definition) is 6. The summed E-state index contributed by atoms with van der Waals surface area (Å²) < 4.78 is 16.9. The molecule has 0 saturated carbocycles. The Morgan fingerprint density at radius 2 is 0.473 bits per heavy atom. The SMILES string of the molecule is CCC/C=C\CCCCCCCC(=O)OCC(COC(=O)CCCCCCCCCCCCCCCCCCCCCCCCCCCCCCC)OC(=O)CCCCCCCCC/C=C\CCCCCCCC. The number of carbonyl (C=O) groups excluding carboxylic acids is 3. The van der Waals surface area contributed by atoms with Crippen LogP contribution in [0.3, 0.4) is 0 Å². The van der Waals surface area contributed by atoms with E-state index >= 15 is 0 Å². The van der Waals surface area contributed by atoms with E-state index in [1.54, 1.807) is 0 Å². The molecule has 0 N–H and O–H groups in total. The number of carbonyl (C=O) groups is 3. The molecule has 0 amide bonds. The van der Waals surface area contributed by atoms with Gasteiger partial charge in [0.2, 0.25) is 0 Å². The van der Waals surface area contributed by atoms with Crippen LogP contribution in [-0.2, 0) is 28.6 Å². The first kappa shape index (κ1) is 71.9. The van der Waals surface area contributed by atoms with Gasteiger partial charge >= 0.3 is 17.9 Å². The second kappa shape index (κ2) is 63.4. The van der Waals surface area contributed by atoms with Gasteiger partial charge in [0.25, 0.3) is 0 Å². The molecule has 6 heteroatoms. The summed E-state index contributed by atoms with van der Waals surface area (Å²) in [6, 6.07) is 0. The van der Waals surface area contributed by atoms with Crippen LogP contribution in [0.25, 0.3) is 0 Å². The predicted octanol–water partition coefficient (Wildman–Crippen LogP) is 22.6. The first-order valence-electron chi connectivity index (χ1n) is 33.3. The van der Waals surface area contributed by atoms with Crippen molar-refractivity contribution in [1.82, 2.24) is 0 Å². The van der Waals surface area contributed by atoms with Gasteiger partial charge in [0, 0.05) is 19.3 Å². The maximum Gasteiger partial charge on any atom is 0.306 e. The van der Waals surface area contributed by atoms with Crippen LogP contribution in [0.1, 0.15) is 374 Å². The first-order valence-corrected chi connectivity index (χ1v) is 33.3. The van der Waals surface area contributed by atoms with Gasteiger partial charge in [-0.25, -0.2) is 0 Å². The van der Waals surface area contributed by atoms with Crippen LogP contribution < -0.4 is 0 Å². The van der Waals surface area contributed by atoms with Gasteiger partial charge < -0.3 is 14.2 Å². The molecule has 0 aromatic rings. The molecule has 0 bridgehead atoms. The molecule has 1 unspecified atom stereocenters. The van der Waals surface area contributed by atoms with Crippen LogP contribution >= 0.6 is 0 Å². The molecule has 0 aromatic carbocycles. The largest absolute Gasteiger partial charge is 0.462 e. The first-order chi connectivity index (χ1) is 36.5. The number of ether oxygens (including phenoxy) is 3. The van der Waals surface area contributed by atoms with Gasteiger partial charge in [0.1, 0.15) is 13.2 Å². The van der Waals surface area contributed by atoms with E-state index in [1.165, 1.54) is 263 Å². The lowest BCUT2D eigenvalue weighted by Crippen LogP contribution is -2.30. The van der Waals surface area contributed by atoms with Gasteiger partial charge in [-0.2, -0.15) is 0 Å². The summed E-state index contributed by atoms with van der Waals surface area (Å²) >= 11 is 0. The van der Waals surface area contributed by atoms with Crippen LogP contribution in [0.5, 0.6) is 0 Å².